The van der Waals surface area contributed by atoms with Gasteiger partial charge >= 0.3 is 0 Å². The van der Waals surface area contributed by atoms with E-state index in [1.54, 1.807) is 0 Å². The Labute approximate surface area is 253 Å². The van der Waals surface area contributed by atoms with E-state index in [4.69, 9.17) is 10.1 Å². The van der Waals surface area contributed by atoms with Gasteiger partial charge in [0.15, 0.2) is 5.78 Å². The fourth-order valence-electron chi connectivity index (χ4n) is 5.41. The number of carbonyl (C=O) groups excluding carboxylic acids is 1. The van der Waals surface area contributed by atoms with Gasteiger partial charge in [0.2, 0.25) is 0 Å². The molecule has 0 spiro atoms. The molecule has 6 nitrogen and oxygen atoms in total. The maximum atomic E-state index is 10.0. The van der Waals surface area contributed by atoms with Crippen LogP contribution in [0.3, 0.4) is 0 Å². The zero-order valence-electron chi connectivity index (χ0n) is 23.2. The molecule has 1 radical (unpaired) electrons. The van der Waals surface area contributed by atoms with E-state index in [-0.39, 0.29) is 31.6 Å². The number of hydrogen-bond acceptors (Lipinski definition) is 6. The van der Waals surface area contributed by atoms with Gasteiger partial charge in [-0.25, -0.2) is 0 Å². The fourth-order valence-corrected chi connectivity index (χ4v) is 5.41. The molecule has 1 N–H and O–H groups in total. The third-order valence-electron chi connectivity index (χ3n) is 7.18. The quantitative estimate of drug-likeness (QED) is 0.113. The number of nitrogens with zero attached hydrogens (tertiary/aromatic N) is 4. The molecule has 0 bridgehead atoms. The predicted molar refractivity (Wildman–Crippen MR) is 164 cm³/mol. The van der Waals surface area contributed by atoms with Crippen molar-refractivity contribution in [2.24, 2.45) is 0 Å². The van der Waals surface area contributed by atoms with E-state index in [0.29, 0.717) is 0 Å². The van der Waals surface area contributed by atoms with Crippen molar-refractivity contribution in [3.63, 3.8) is 0 Å². The topological polar surface area (TPSA) is 59.9 Å². The summed E-state index contributed by atoms with van der Waals surface area (Å²) in [7, 11) is 4.27. The summed E-state index contributed by atoms with van der Waals surface area (Å²) < 4.78 is 0. The van der Waals surface area contributed by atoms with Gasteiger partial charge in [0.25, 0.3) is 0 Å². The average molecular weight is 718 g/mol. The van der Waals surface area contributed by atoms with E-state index < -0.39 is 0 Å². The molecule has 7 heteroatoms. The molecular formula is C34H29IrN4O2-. The molecule has 1 aromatic heterocycles. The maximum Gasteiger partial charge on any atom is 0.155 e. The van der Waals surface area contributed by atoms with Crippen LogP contribution in [-0.2, 0) is 24.9 Å². The first kappa shape index (κ1) is 28.1. The molecule has 4 aromatic carbocycles. The van der Waals surface area contributed by atoms with Gasteiger partial charge in [-0.2, -0.15) is 0 Å². The molecule has 0 saturated carbocycles. The molecule has 0 fully saturated rings. The number of para-hydroxylation sites is 5. The van der Waals surface area contributed by atoms with E-state index in [9.17, 15) is 4.79 Å². The van der Waals surface area contributed by atoms with Crippen molar-refractivity contribution in [3.8, 4) is 11.3 Å². The summed E-state index contributed by atoms with van der Waals surface area (Å²) in [4.78, 5) is 21.9. The first-order valence-corrected chi connectivity index (χ1v) is 13.1. The van der Waals surface area contributed by atoms with Crippen LogP contribution in [0.15, 0.2) is 103 Å². The van der Waals surface area contributed by atoms with Crippen LogP contribution in [0, 0.1) is 6.07 Å². The fraction of sp³-hybridized carbons (Fsp3) is 0.118. The predicted octanol–water partition coefficient (Wildman–Crippen LogP) is 8.37. The minimum atomic E-state index is -0.125. The van der Waals surface area contributed by atoms with Crippen molar-refractivity contribution in [3.05, 3.63) is 109 Å². The minimum Gasteiger partial charge on any atom is -0.512 e. The average Bonchev–Trinajstić information content (AvgIpc) is 2.96. The maximum absolute atomic E-state index is 10.0. The number of anilines is 7. The summed E-state index contributed by atoms with van der Waals surface area (Å²) in [6, 6.07) is 35.6. The molecule has 7 rings (SSSR count). The Bertz CT molecular complexity index is 1740. The van der Waals surface area contributed by atoms with Crippen LogP contribution in [0.2, 0.25) is 0 Å². The molecule has 207 valence electrons. The Balaban J connectivity index is 0.000000379. The van der Waals surface area contributed by atoms with Crippen molar-refractivity contribution in [1.29, 1.82) is 0 Å². The largest absolute Gasteiger partial charge is 0.512 e. The van der Waals surface area contributed by atoms with Gasteiger partial charge < -0.3 is 19.8 Å². The Morgan fingerprint density at radius 2 is 1.37 bits per heavy atom. The van der Waals surface area contributed by atoms with Gasteiger partial charge in [0.05, 0.1) is 34.0 Å². The summed E-state index contributed by atoms with van der Waals surface area (Å²) in [5, 5.41) is 9.51. The number of carbonyl (C=O) groups is 1. The van der Waals surface area contributed by atoms with Crippen LogP contribution in [0.25, 0.3) is 22.2 Å². The number of rotatable bonds is 2. The van der Waals surface area contributed by atoms with Gasteiger partial charge in [-0.3, -0.25) is 9.78 Å². The molecule has 0 unspecified atom stereocenters. The molecular weight excluding hydrogens is 689 g/mol. The zero-order chi connectivity index (χ0) is 28.0. The Morgan fingerprint density at radius 3 is 1.98 bits per heavy atom. The first-order chi connectivity index (χ1) is 19.3. The van der Waals surface area contributed by atoms with Crippen LogP contribution < -0.4 is 14.7 Å². The van der Waals surface area contributed by atoms with Crippen molar-refractivity contribution in [1.82, 2.24) is 4.98 Å². The van der Waals surface area contributed by atoms with E-state index in [0.717, 1.165) is 44.9 Å². The SMILES string of the molecule is CC(=O)/C=C(/C)O.CN1c2[c-]c(-c3ccc4ccccc4n3)cc3c2N(c2ccccc21)c1ccccc1N3C.[Ir]. The van der Waals surface area contributed by atoms with E-state index in [2.05, 4.69) is 114 Å². The number of hydrogen-bond donors (Lipinski definition) is 1. The van der Waals surface area contributed by atoms with Crippen molar-refractivity contribution < 1.29 is 30.0 Å². The number of benzene rings is 4. The molecule has 41 heavy (non-hydrogen) atoms. The number of pyridine rings is 1. The smallest absolute Gasteiger partial charge is 0.155 e. The van der Waals surface area contributed by atoms with E-state index in [1.807, 2.05) is 12.1 Å². The summed E-state index contributed by atoms with van der Waals surface area (Å²) in [5.74, 6) is -0.0625. The second kappa shape index (κ2) is 11.2. The molecule has 0 atom stereocenters. The normalized spacial score (nSPS) is 12.9. The van der Waals surface area contributed by atoms with Crippen LogP contribution in [0.4, 0.5) is 39.8 Å². The van der Waals surface area contributed by atoms with E-state index >= 15 is 0 Å². The number of aliphatic hydroxyl groups excluding tert-OH is 1. The van der Waals surface area contributed by atoms with Crippen molar-refractivity contribution in [2.45, 2.75) is 13.8 Å². The standard InChI is InChI=1S/C29H21N4.C5H8O2.Ir/c1-31-23-11-5-7-13-25(23)33-26-14-8-6-12-24(26)32(2)28-18-20(17-27(31)29(28)33)22-16-15-19-9-3-4-10-21(19)30-22;1-4(6)3-5(2)7;/h3-17H,1-2H3;3,6H,1-2H3;/q-1;;/b;4-3-;. The number of ketones is 1. The Morgan fingerprint density at radius 1 is 0.780 bits per heavy atom. The van der Waals surface area contributed by atoms with Gasteiger partial charge in [0, 0.05) is 46.0 Å². The first-order valence-electron chi connectivity index (χ1n) is 13.1. The van der Waals surface area contributed by atoms with Crippen LogP contribution in [0.1, 0.15) is 13.8 Å². The van der Waals surface area contributed by atoms with Gasteiger partial charge in [0.1, 0.15) is 0 Å². The van der Waals surface area contributed by atoms with Crippen LogP contribution in [0.5, 0.6) is 0 Å². The number of aromatic nitrogens is 1. The minimum absolute atomic E-state index is 0. The Hall–Kier alpha value is -4.45. The zero-order valence-corrected chi connectivity index (χ0v) is 25.6. The van der Waals surface area contributed by atoms with Crippen LogP contribution >= 0.6 is 0 Å². The molecule has 3 heterocycles. The third kappa shape index (κ3) is 4.99. The summed E-state index contributed by atoms with van der Waals surface area (Å²) in [5.41, 5.74) is 11.0. The summed E-state index contributed by atoms with van der Waals surface area (Å²) in [6.45, 7) is 2.85. The molecule has 2 aliphatic rings. The Kier molecular flexibility index (Phi) is 7.67. The number of allylic oxidation sites excluding steroid dienone is 2. The molecule has 5 aromatic rings. The van der Waals surface area contributed by atoms with E-state index in [1.165, 1.54) is 37.0 Å². The summed E-state index contributed by atoms with van der Waals surface area (Å²) in [6.07, 6.45) is 1.17. The summed E-state index contributed by atoms with van der Waals surface area (Å²) >= 11 is 0. The second-order valence-electron chi connectivity index (χ2n) is 9.98. The monoisotopic (exact) mass is 718 g/mol. The second-order valence-corrected chi connectivity index (χ2v) is 9.98. The van der Waals surface area contributed by atoms with Crippen LogP contribution in [-0.4, -0.2) is 30.0 Å². The van der Waals surface area contributed by atoms with Crippen molar-refractivity contribution in [2.75, 3.05) is 28.8 Å². The molecule has 0 saturated heterocycles. The van der Waals surface area contributed by atoms with Gasteiger partial charge in [-0.05, 0) is 66.6 Å². The molecule has 0 amide bonds. The molecule has 2 aliphatic heterocycles. The number of fused-ring (bicyclic) bond motifs is 5. The molecule has 0 aliphatic carbocycles. The van der Waals surface area contributed by atoms with Gasteiger partial charge in [-0.1, -0.05) is 54.6 Å². The van der Waals surface area contributed by atoms with Crippen molar-refractivity contribution >= 4 is 56.5 Å². The van der Waals surface area contributed by atoms with Gasteiger partial charge in [-0.15, -0.1) is 17.7 Å². The third-order valence-corrected chi connectivity index (χ3v) is 7.18. The number of aliphatic hydroxyl groups is 1.